The minimum Gasteiger partial charge on any atom is -0.451 e. The van der Waals surface area contributed by atoms with Crippen LogP contribution in [0.1, 0.15) is 39.0 Å². The van der Waals surface area contributed by atoms with E-state index in [1.807, 2.05) is 0 Å². The summed E-state index contributed by atoms with van der Waals surface area (Å²) in [6.45, 7) is 6.42. The van der Waals surface area contributed by atoms with Crippen LogP contribution in [0.15, 0.2) is 11.1 Å². The zero-order valence-electron chi connectivity index (χ0n) is 13.9. The number of amides is 1. The van der Waals surface area contributed by atoms with E-state index in [9.17, 15) is 9.59 Å². The van der Waals surface area contributed by atoms with Crippen LogP contribution in [-0.4, -0.2) is 61.8 Å². The Balaban J connectivity index is 1.61. The van der Waals surface area contributed by atoms with Crippen LogP contribution < -0.4 is 5.32 Å². The molecule has 128 valence electrons. The zero-order valence-corrected chi connectivity index (χ0v) is 13.9. The smallest absolute Gasteiger partial charge is 0.335 e. The number of hydrogen-bond donors (Lipinski definition) is 1. The molecule has 1 saturated heterocycles. The quantitative estimate of drug-likeness (QED) is 0.783. The second-order valence-electron chi connectivity index (χ2n) is 6.65. The second-order valence-corrected chi connectivity index (χ2v) is 6.65. The molecular weight excluding hydrogens is 296 g/mol. The fourth-order valence-corrected chi connectivity index (χ4v) is 3.84. The van der Waals surface area contributed by atoms with Gasteiger partial charge in [-0.15, -0.1) is 0 Å². The van der Waals surface area contributed by atoms with Crippen LogP contribution in [0.4, 0.5) is 0 Å². The van der Waals surface area contributed by atoms with Gasteiger partial charge in [-0.1, -0.05) is 6.42 Å². The van der Waals surface area contributed by atoms with Crippen LogP contribution in [0.2, 0.25) is 0 Å². The van der Waals surface area contributed by atoms with Gasteiger partial charge in [-0.25, -0.2) is 4.79 Å². The SMILES string of the molecule is CC1=C(C(=O)NCCN2CCOCC2)C2(CCCCC2)OC1=O. The van der Waals surface area contributed by atoms with Gasteiger partial charge in [0.1, 0.15) is 5.60 Å². The van der Waals surface area contributed by atoms with Gasteiger partial charge in [0, 0.05) is 31.8 Å². The first-order chi connectivity index (χ1) is 11.1. The van der Waals surface area contributed by atoms with Crippen molar-refractivity contribution in [2.75, 3.05) is 39.4 Å². The van der Waals surface area contributed by atoms with E-state index in [-0.39, 0.29) is 11.9 Å². The third-order valence-corrected chi connectivity index (χ3v) is 5.13. The molecule has 2 fully saturated rings. The summed E-state index contributed by atoms with van der Waals surface area (Å²) in [6, 6.07) is 0. The van der Waals surface area contributed by atoms with Crippen molar-refractivity contribution in [3.05, 3.63) is 11.1 Å². The number of carbonyl (C=O) groups is 2. The van der Waals surface area contributed by atoms with E-state index >= 15 is 0 Å². The average Bonchev–Trinajstić information content (AvgIpc) is 2.79. The van der Waals surface area contributed by atoms with Gasteiger partial charge in [0.2, 0.25) is 0 Å². The number of hydrogen-bond acceptors (Lipinski definition) is 5. The minimum atomic E-state index is -0.664. The number of carbonyl (C=O) groups excluding carboxylic acids is 2. The molecule has 0 bridgehead atoms. The molecule has 0 unspecified atom stereocenters. The first kappa shape index (κ1) is 16.5. The van der Waals surface area contributed by atoms with Crippen molar-refractivity contribution in [3.8, 4) is 0 Å². The van der Waals surface area contributed by atoms with Crippen molar-refractivity contribution in [3.63, 3.8) is 0 Å². The number of nitrogens with zero attached hydrogens (tertiary/aromatic N) is 1. The summed E-state index contributed by atoms with van der Waals surface area (Å²) in [7, 11) is 0. The van der Waals surface area contributed by atoms with Gasteiger partial charge in [0.05, 0.1) is 18.8 Å². The lowest BCUT2D eigenvalue weighted by Gasteiger charge is -2.34. The molecule has 1 N–H and O–H groups in total. The summed E-state index contributed by atoms with van der Waals surface area (Å²) >= 11 is 0. The number of esters is 1. The van der Waals surface area contributed by atoms with E-state index in [1.165, 1.54) is 0 Å². The summed E-state index contributed by atoms with van der Waals surface area (Å²) in [5.74, 6) is -0.464. The molecule has 0 atom stereocenters. The molecule has 1 amide bonds. The number of nitrogens with one attached hydrogen (secondary N) is 1. The second kappa shape index (κ2) is 7.01. The predicted octanol–water partition coefficient (Wildman–Crippen LogP) is 1.01. The van der Waals surface area contributed by atoms with Crippen LogP contribution in [0.5, 0.6) is 0 Å². The molecule has 2 aliphatic heterocycles. The molecule has 3 aliphatic rings. The highest BCUT2D eigenvalue weighted by molar-refractivity contribution is 6.07. The molecule has 1 spiro atoms. The Bertz CT molecular complexity index is 503. The zero-order chi connectivity index (χ0) is 16.3. The summed E-state index contributed by atoms with van der Waals surface area (Å²) in [6.07, 6.45) is 4.69. The van der Waals surface area contributed by atoms with Gasteiger partial charge < -0.3 is 14.8 Å². The molecule has 6 heteroatoms. The Morgan fingerprint density at radius 1 is 1.22 bits per heavy atom. The van der Waals surface area contributed by atoms with Crippen molar-refractivity contribution in [1.82, 2.24) is 10.2 Å². The van der Waals surface area contributed by atoms with E-state index in [0.717, 1.165) is 65.0 Å². The van der Waals surface area contributed by atoms with Gasteiger partial charge in [-0.3, -0.25) is 9.69 Å². The molecule has 0 aromatic rings. The molecule has 3 rings (SSSR count). The monoisotopic (exact) mass is 322 g/mol. The van der Waals surface area contributed by atoms with Gasteiger partial charge >= 0.3 is 5.97 Å². The molecule has 1 saturated carbocycles. The fraction of sp³-hybridized carbons (Fsp3) is 0.765. The molecule has 2 heterocycles. The van der Waals surface area contributed by atoms with Crippen molar-refractivity contribution in [2.24, 2.45) is 0 Å². The molecule has 1 aliphatic carbocycles. The average molecular weight is 322 g/mol. The molecule has 23 heavy (non-hydrogen) atoms. The maximum Gasteiger partial charge on any atom is 0.335 e. The minimum absolute atomic E-state index is 0.136. The van der Waals surface area contributed by atoms with Gasteiger partial charge in [-0.2, -0.15) is 0 Å². The van der Waals surface area contributed by atoms with Gasteiger partial charge in [0.15, 0.2) is 0 Å². The van der Waals surface area contributed by atoms with Gasteiger partial charge in [-0.05, 0) is 32.6 Å². The third-order valence-electron chi connectivity index (χ3n) is 5.13. The lowest BCUT2D eigenvalue weighted by Crippen LogP contribution is -2.44. The highest BCUT2D eigenvalue weighted by Crippen LogP contribution is 2.43. The van der Waals surface area contributed by atoms with Gasteiger partial charge in [0.25, 0.3) is 5.91 Å². The van der Waals surface area contributed by atoms with E-state index in [2.05, 4.69) is 10.2 Å². The summed E-state index contributed by atoms with van der Waals surface area (Å²) in [4.78, 5) is 26.9. The maximum atomic E-state index is 12.7. The number of rotatable bonds is 4. The first-order valence-corrected chi connectivity index (χ1v) is 8.65. The summed E-state index contributed by atoms with van der Waals surface area (Å²) < 4.78 is 11.0. The van der Waals surface area contributed by atoms with Crippen molar-refractivity contribution >= 4 is 11.9 Å². The first-order valence-electron chi connectivity index (χ1n) is 8.65. The highest BCUT2D eigenvalue weighted by atomic mass is 16.6. The van der Waals surface area contributed by atoms with E-state index in [4.69, 9.17) is 9.47 Å². The Hall–Kier alpha value is -1.40. The summed E-state index contributed by atoms with van der Waals surface area (Å²) in [5.41, 5.74) is 0.391. The number of ether oxygens (including phenoxy) is 2. The van der Waals surface area contributed by atoms with Crippen LogP contribution in [0.3, 0.4) is 0 Å². The van der Waals surface area contributed by atoms with E-state index in [1.54, 1.807) is 6.92 Å². The number of morpholine rings is 1. The third kappa shape index (κ3) is 3.43. The largest absolute Gasteiger partial charge is 0.451 e. The fourth-order valence-electron chi connectivity index (χ4n) is 3.84. The van der Waals surface area contributed by atoms with Crippen LogP contribution in [-0.2, 0) is 19.1 Å². The molecular formula is C17H26N2O4. The predicted molar refractivity (Wildman–Crippen MR) is 84.9 cm³/mol. The summed E-state index contributed by atoms with van der Waals surface area (Å²) in [5, 5.41) is 2.98. The van der Waals surface area contributed by atoms with Crippen LogP contribution in [0, 0.1) is 0 Å². The maximum absolute atomic E-state index is 12.7. The standard InChI is InChI=1S/C17H26N2O4/c1-13-14(17(23-16(13)21)5-3-2-4-6-17)15(20)18-7-8-19-9-11-22-12-10-19/h2-12H2,1H3,(H,18,20). The van der Waals surface area contributed by atoms with Crippen LogP contribution >= 0.6 is 0 Å². The molecule has 0 aromatic heterocycles. The van der Waals surface area contributed by atoms with Crippen molar-refractivity contribution < 1.29 is 19.1 Å². The van der Waals surface area contributed by atoms with Crippen molar-refractivity contribution in [1.29, 1.82) is 0 Å². The van der Waals surface area contributed by atoms with E-state index < -0.39 is 5.60 Å². The molecule has 0 radical (unpaired) electrons. The Morgan fingerprint density at radius 2 is 1.91 bits per heavy atom. The Morgan fingerprint density at radius 3 is 2.61 bits per heavy atom. The topological polar surface area (TPSA) is 67.9 Å². The molecule has 0 aromatic carbocycles. The lowest BCUT2D eigenvalue weighted by atomic mass is 9.78. The lowest BCUT2D eigenvalue weighted by molar-refractivity contribution is -0.149. The van der Waals surface area contributed by atoms with E-state index in [0.29, 0.717) is 17.7 Å². The normalized spacial score (nSPS) is 24.8. The Kier molecular flexibility index (Phi) is 5.02. The highest BCUT2D eigenvalue weighted by Gasteiger charge is 2.49. The van der Waals surface area contributed by atoms with Crippen molar-refractivity contribution in [2.45, 2.75) is 44.6 Å². The molecule has 6 nitrogen and oxygen atoms in total. The Labute approximate surface area is 137 Å². The van der Waals surface area contributed by atoms with Crippen LogP contribution in [0.25, 0.3) is 0 Å².